The number of carbonyl (C=O) groups excluding carboxylic acids is 1. The molecule has 16 heavy (non-hydrogen) atoms. The zero-order valence-electron chi connectivity index (χ0n) is 11.0. The Bertz CT molecular complexity index is 179. The molecule has 0 aliphatic heterocycles. The second kappa shape index (κ2) is 8.71. The van der Waals surface area contributed by atoms with E-state index in [4.69, 9.17) is 5.11 Å². The van der Waals surface area contributed by atoms with E-state index in [1.165, 1.54) is 0 Å². The summed E-state index contributed by atoms with van der Waals surface area (Å²) in [5, 5.41) is 9.02. The van der Waals surface area contributed by atoms with Gasteiger partial charge in [0, 0.05) is 18.5 Å². The molecule has 0 saturated carbocycles. The molecule has 0 aliphatic rings. The molecular formula is C13H27NO2. The molecule has 0 rings (SSSR count). The molecule has 0 aromatic carbocycles. The lowest BCUT2D eigenvalue weighted by molar-refractivity contribution is -0.117. The fourth-order valence-corrected chi connectivity index (χ4v) is 1.92. The normalized spacial score (nSPS) is 12.1. The summed E-state index contributed by atoms with van der Waals surface area (Å²) < 4.78 is 0. The van der Waals surface area contributed by atoms with Crippen molar-refractivity contribution in [2.45, 2.75) is 46.5 Å². The quantitative estimate of drug-likeness (QED) is 0.583. The smallest absolute Gasteiger partial charge is 0.127 e. The second-order valence-corrected chi connectivity index (χ2v) is 4.54. The van der Waals surface area contributed by atoms with Crippen molar-refractivity contribution < 1.29 is 9.90 Å². The molecule has 0 radical (unpaired) electrons. The number of carbonyl (C=O) groups is 1. The summed E-state index contributed by atoms with van der Waals surface area (Å²) in [5.74, 6) is 0. The van der Waals surface area contributed by atoms with Gasteiger partial charge < -0.3 is 14.8 Å². The van der Waals surface area contributed by atoms with Gasteiger partial charge in [0.05, 0.1) is 6.61 Å². The van der Waals surface area contributed by atoms with Crippen LogP contribution in [0.15, 0.2) is 0 Å². The summed E-state index contributed by atoms with van der Waals surface area (Å²) in [6.45, 7) is 8.89. The predicted octanol–water partition coefficient (Wildman–Crippen LogP) is 2.09. The summed E-state index contributed by atoms with van der Waals surface area (Å²) in [5.41, 5.74) is -0.219. The van der Waals surface area contributed by atoms with Crippen LogP contribution in [0, 0.1) is 5.41 Å². The zero-order valence-corrected chi connectivity index (χ0v) is 11.0. The van der Waals surface area contributed by atoms with Crippen LogP contribution in [-0.2, 0) is 4.79 Å². The van der Waals surface area contributed by atoms with Crippen LogP contribution >= 0.6 is 0 Å². The van der Waals surface area contributed by atoms with Crippen LogP contribution in [0.3, 0.4) is 0 Å². The highest BCUT2D eigenvalue weighted by molar-refractivity contribution is 5.59. The molecule has 1 N–H and O–H groups in total. The van der Waals surface area contributed by atoms with Crippen molar-refractivity contribution in [1.29, 1.82) is 0 Å². The molecule has 0 spiro atoms. The lowest BCUT2D eigenvalue weighted by Crippen LogP contribution is -2.40. The fourth-order valence-electron chi connectivity index (χ4n) is 1.92. The average Bonchev–Trinajstić information content (AvgIpc) is 2.33. The van der Waals surface area contributed by atoms with Gasteiger partial charge in [-0.2, -0.15) is 0 Å². The maximum Gasteiger partial charge on any atom is 0.127 e. The Balaban J connectivity index is 4.37. The number of hydrogen-bond acceptors (Lipinski definition) is 3. The van der Waals surface area contributed by atoms with E-state index in [0.29, 0.717) is 6.54 Å². The highest BCUT2D eigenvalue weighted by atomic mass is 16.3. The van der Waals surface area contributed by atoms with Crippen LogP contribution in [-0.4, -0.2) is 42.5 Å². The van der Waals surface area contributed by atoms with Crippen molar-refractivity contribution in [3.63, 3.8) is 0 Å². The third-order valence-corrected chi connectivity index (χ3v) is 3.44. The van der Waals surface area contributed by atoms with E-state index in [1.807, 2.05) is 0 Å². The molecular weight excluding hydrogens is 202 g/mol. The molecule has 0 amide bonds. The minimum absolute atomic E-state index is 0.173. The minimum atomic E-state index is -0.219. The number of aldehydes is 1. The molecule has 96 valence electrons. The SMILES string of the molecule is CCCCN(CCO)CC(C=O)(CC)CC. The third-order valence-electron chi connectivity index (χ3n) is 3.44. The Morgan fingerprint density at radius 3 is 2.19 bits per heavy atom. The van der Waals surface area contributed by atoms with E-state index in [0.717, 1.165) is 45.1 Å². The molecule has 0 unspecified atom stereocenters. The van der Waals surface area contributed by atoms with Crippen LogP contribution in [0.4, 0.5) is 0 Å². The van der Waals surface area contributed by atoms with E-state index >= 15 is 0 Å². The first-order chi connectivity index (χ1) is 7.67. The number of rotatable bonds is 10. The van der Waals surface area contributed by atoms with Gasteiger partial charge in [0.15, 0.2) is 0 Å². The van der Waals surface area contributed by atoms with Gasteiger partial charge in [-0.3, -0.25) is 0 Å². The molecule has 0 atom stereocenters. The average molecular weight is 229 g/mol. The maximum atomic E-state index is 11.2. The monoisotopic (exact) mass is 229 g/mol. The third kappa shape index (κ3) is 5.08. The number of nitrogens with zero attached hydrogens (tertiary/aromatic N) is 1. The summed E-state index contributed by atoms with van der Waals surface area (Å²) >= 11 is 0. The molecule has 0 aromatic rings. The molecule has 0 bridgehead atoms. The minimum Gasteiger partial charge on any atom is -0.395 e. The summed E-state index contributed by atoms with van der Waals surface area (Å²) in [4.78, 5) is 13.4. The maximum absolute atomic E-state index is 11.2. The number of aliphatic hydroxyl groups is 1. The van der Waals surface area contributed by atoms with Crippen LogP contribution in [0.1, 0.15) is 46.5 Å². The van der Waals surface area contributed by atoms with E-state index in [1.54, 1.807) is 0 Å². The van der Waals surface area contributed by atoms with Crippen LogP contribution in [0.5, 0.6) is 0 Å². The van der Waals surface area contributed by atoms with Gasteiger partial charge in [-0.15, -0.1) is 0 Å². The Hall–Kier alpha value is -0.410. The van der Waals surface area contributed by atoms with Crippen LogP contribution in [0.2, 0.25) is 0 Å². The lowest BCUT2D eigenvalue weighted by Gasteiger charge is -2.32. The summed E-state index contributed by atoms with van der Waals surface area (Å²) in [6.07, 6.45) is 5.13. The highest BCUT2D eigenvalue weighted by Gasteiger charge is 2.27. The standard InChI is InChI=1S/C13H27NO2/c1-4-7-8-14(9-10-15)11-13(5-2,6-3)12-16/h12,15H,4-11H2,1-3H3. The second-order valence-electron chi connectivity index (χ2n) is 4.54. The van der Waals surface area contributed by atoms with Crippen LogP contribution in [0.25, 0.3) is 0 Å². The predicted molar refractivity (Wildman–Crippen MR) is 67.5 cm³/mol. The van der Waals surface area contributed by atoms with Gasteiger partial charge in [0.2, 0.25) is 0 Å². The first-order valence-electron chi connectivity index (χ1n) is 6.47. The largest absolute Gasteiger partial charge is 0.395 e. The van der Waals surface area contributed by atoms with Gasteiger partial charge in [0.1, 0.15) is 6.29 Å². The molecule has 3 nitrogen and oxygen atoms in total. The van der Waals surface area contributed by atoms with Gasteiger partial charge in [-0.1, -0.05) is 27.2 Å². The Morgan fingerprint density at radius 1 is 1.19 bits per heavy atom. The number of aliphatic hydroxyl groups excluding tert-OH is 1. The Labute approximate surface area is 99.8 Å². The van der Waals surface area contributed by atoms with E-state index < -0.39 is 0 Å². The number of hydrogen-bond donors (Lipinski definition) is 1. The van der Waals surface area contributed by atoms with Gasteiger partial charge >= 0.3 is 0 Å². The fraction of sp³-hybridized carbons (Fsp3) is 0.923. The van der Waals surface area contributed by atoms with Crippen molar-refractivity contribution in [1.82, 2.24) is 4.90 Å². The van der Waals surface area contributed by atoms with Crippen molar-refractivity contribution in [2.75, 3.05) is 26.2 Å². The van der Waals surface area contributed by atoms with Gasteiger partial charge in [0.25, 0.3) is 0 Å². The summed E-state index contributed by atoms with van der Waals surface area (Å²) in [6, 6.07) is 0. The lowest BCUT2D eigenvalue weighted by atomic mass is 9.83. The molecule has 0 saturated heterocycles. The first kappa shape index (κ1) is 15.6. The van der Waals surface area contributed by atoms with E-state index in [-0.39, 0.29) is 12.0 Å². The van der Waals surface area contributed by atoms with Gasteiger partial charge in [-0.25, -0.2) is 0 Å². The number of unbranched alkanes of at least 4 members (excludes halogenated alkanes) is 1. The van der Waals surface area contributed by atoms with Crippen molar-refractivity contribution in [3.05, 3.63) is 0 Å². The Kier molecular flexibility index (Phi) is 8.49. The summed E-state index contributed by atoms with van der Waals surface area (Å²) in [7, 11) is 0. The van der Waals surface area contributed by atoms with Crippen molar-refractivity contribution in [2.24, 2.45) is 5.41 Å². The van der Waals surface area contributed by atoms with Crippen molar-refractivity contribution >= 4 is 6.29 Å². The van der Waals surface area contributed by atoms with Gasteiger partial charge in [-0.05, 0) is 25.8 Å². The molecule has 3 heteroatoms. The molecule has 0 aliphatic carbocycles. The van der Waals surface area contributed by atoms with Crippen LogP contribution < -0.4 is 0 Å². The highest BCUT2D eigenvalue weighted by Crippen LogP contribution is 2.24. The Morgan fingerprint density at radius 2 is 1.81 bits per heavy atom. The first-order valence-corrected chi connectivity index (χ1v) is 6.47. The van der Waals surface area contributed by atoms with Crippen molar-refractivity contribution in [3.8, 4) is 0 Å². The molecule has 0 heterocycles. The van der Waals surface area contributed by atoms with E-state index in [9.17, 15) is 4.79 Å². The molecule has 0 aromatic heterocycles. The zero-order chi connectivity index (χ0) is 12.4. The van der Waals surface area contributed by atoms with E-state index in [2.05, 4.69) is 25.7 Å². The topological polar surface area (TPSA) is 40.5 Å². The molecule has 0 fully saturated rings.